The molecule has 0 atom stereocenters. The average Bonchev–Trinajstić information content (AvgIpc) is 3.41. The van der Waals surface area contributed by atoms with Crippen LogP contribution in [0.5, 0.6) is 0 Å². The zero-order chi connectivity index (χ0) is 20.2. The van der Waals surface area contributed by atoms with Crippen LogP contribution in [0.1, 0.15) is 42.7 Å². The maximum absolute atomic E-state index is 6.42. The number of hydrogen-bond donors (Lipinski definition) is 0. The first-order valence-corrected chi connectivity index (χ1v) is 10.9. The van der Waals surface area contributed by atoms with Gasteiger partial charge >= 0.3 is 0 Å². The molecule has 0 spiro atoms. The van der Waals surface area contributed by atoms with E-state index < -0.39 is 0 Å². The Kier molecular flexibility index (Phi) is 3.92. The van der Waals surface area contributed by atoms with Crippen molar-refractivity contribution in [2.75, 3.05) is 0 Å². The lowest BCUT2D eigenvalue weighted by Gasteiger charge is -2.11. The Bertz CT molecular complexity index is 1420. The van der Waals surface area contributed by atoms with Crippen molar-refractivity contribution >= 4 is 33.0 Å². The zero-order valence-electron chi connectivity index (χ0n) is 17.5. The van der Waals surface area contributed by atoms with Gasteiger partial charge in [0.2, 0.25) is 11.4 Å². The van der Waals surface area contributed by atoms with E-state index in [2.05, 4.69) is 67.2 Å². The SMILES string of the molecule is Cc1ccc2c(oc3nc4ccccc4cc32)c1-c1cc(C2CCCC2)cc[n+]1C. The van der Waals surface area contributed by atoms with E-state index in [4.69, 9.17) is 9.40 Å². The number of aryl methyl sites for hydroxylation is 2. The number of rotatable bonds is 2. The van der Waals surface area contributed by atoms with Gasteiger partial charge in [-0.05, 0) is 48.9 Å². The Morgan fingerprint density at radius 2 is 1.80 bits per heavy atom. The lowest BCUT2D eigenvalue weighted by molar-refractivity contribution is -0.660. The number of aromatic nitrogens is 2. The van der Waals surface area contributed by atoms with E-state index in [9.17, 15) is 0 Å². The minimum atomic E-state index is 0.687. The molecule has 3 heterocycles. The van der Waals surface area contributed by atoms with Crippen molar-refractivity contribution < 1.29 is 8.98 Å². The van der Waals surface area contributed by atoms with Gasteiger partial charge in [-0.1, -0.05) is 43.2 Å². The van der Waals surface area contributed by atoms with Crippen molar-refractivity contribution in [3.63, 3.8) is 0 Å². The molecule has 2 aromatic carbocycles. The largest absolute Gasteiger partial charge is 0.437 e. The van der Waals surface area contributed by atoms with Crippen LogP contribution in [0.2, 0.25) is 0 Å². The van der Waals surface area contributed by atoms with Crippen LogP contribution in [0, 0.1) is 6.92 Å². The standard InChI is InChI=1S/C27H25N2O/c1-17-11-12-21-22-15-20-9-5-6-10-23(20)28-27(22)30-26(21)25(17)24-16-19(13-14-29(24)2)18-7-3-4-8-18/h5-6,9-16,18H,3-4,7-8H2,1-2H3/q+1. The van der Waals surface area contributed by atoms with E-state index in [1.165, 1.54) is 48.1 Å². The van der Waals surface area contributed by atoms with Gasteiger partial charge < -0.3 is 4.42 Å². The Hall–Kier alpha value is -3.20. The summed E-state index contributed by atoms with van der Waals surface area (Å²) in [4.78, 5) is 4.81. The lowest BCUT2D eigenvalue weighted by Crippen LogP contribution is -2.31. The maximum Gasteiger partial charge on any atom is 0.227 e. The molecule has 0 saturated heterocycles. The predicted octanol–water partition coefficient (Wildman–Crippen LogP) is 6.59. The summed E-state index contributed by atoms with van der Waals surface area (Å²) in [7, 11) is 2.13. The fourth-order valence-electron chi connectivity index (χ4n) is 5.13. The summed E-state index contributed by atoms with van der Waals surface area (Å²) in [5.74, 6) is 0.687. The van der Waals surface area contributed by atoms with Gasteiger partial charge in [0, 0.05) is 28.3 Å². The number of hydrogen-bond acceptors (Lipinski definition) is 2. The van der Waals surface area contributed by atoms with Crippen molar-refractivity contribution in [3.8, 4) is 11.3 Å². The molecular weight excluding hydrogens is 368 g/mol. The van der Waals surface area contributed by atoms with E-state index >= 15 is 0 Å². The lowest BCUT2D eigenvalue weighted by atomic mass is 9.94. The van der Waals surface area contributed by atoms with Gasteiger partial charge in [0.15, 0.2) is 11.8 Å². The molecule has 0 N–H and O–H groups in total. The number of pyridine rings is 2. The van der Waals surface area contributed by atoms with Crippen LogP contribution < -0.4 is 4.57 Å². The third-order valence-corrected chi connectivity index (χ3v) is 6.80. The molecule has 0 unspecified atom stereocenters. The zero-order valence-corrected chi connectivity index (χ0v) is 17.5. The normalized spacial score (nSPS) is 15.0. The fraction of sp³-hybridized carbons (Fsp3) is 0.259. The van der Waals surface area contributed by atoms with Gasteiger partial charge in [0.05, 0.1) is 11.1 Å². The van der Waals surface area contributed by atoms with E-state index in [0.29, 0.717) is 11.6 Å². The first-order valence-electron chi connectivity index (χ1n) is 10.9. The van der Waals surface area contributed by atoms with Gasteiger partial charge in [-0.15, -0.1) is 0 Å². The van der Waals surface area contributed by atoms with Crippen LogP contribution in [-0.4, -0.2) is 4.98 Å². The molecule has 6 rings (SSSR count). The highest BCUT2D eigenvalue weighted by atomic mass is 16.3. The Morgan fingerprint density at radius 1 is 0.967 bits per heavy atom. The molecule has 1 aliphatic carbocycles. The second-order valence-electron chi connectivity index (χ2n) is 8.71. The van der Waals surface area contributed by atoms with Crippen LogP contribution in [0.4, 0.5) is 0 Å². The highest BCUT2D eigenvalue weighted by molar-refractivity contribution is 6.11. The van der Waals surface area contributed by atoms with E-state index in [1.54, 1.807) is 0 Å². The summed E-state index contributed by atoms with van der Waals surface area (Å²) in [6.07, 6.45) is 7.50. The van der Waals surface area contributed by atoms with Crippen LogP contribution in [0.25, 0.3) is 44.2 Å². The number of furan rings is 1. The summed E-state index contributed by atoms with van der Waals surface area (Å²) in [5, 5.41) is 3.36. The summed E-state index contributed by atoms with van der Waals surface area (Å²) in [5.41, 5.74) is 7.69. The molecule has 3 aromatic heterocycles. The van der Waals surface area contributed by atoms with Crippen LogP contribution in [0.15, 0.2) is 65.2 Å². The predicted molar refractivity (Wildman–Crippen MR) is 122 cm³/mol. The van der Waals surface area contributed by atoms with Crippen LogP contribution >= 0.6 is 0 Å². The molecule has 3 nitrogen and oxygen atoms in total. The van der Waals surface area contributed by atoms with Crippen molar-refractivity contribution in [2.45, 2.75) is 38.5 Å². The Morgan fingerprint density at radius 3 is 2.67 bits per heavy atom. The average molecular weight is 394 g/mol. The second-order valence-corrected chi connectivity index (χ2v) is 8.71. The summed E-state index contributed by atoms with van der Waals surface area (Å²) in [6.45, 7) is 2.17. The van der Waals surface area contributed by atoms with Gasteiger partial charge in [0.1, 0.15) is 7.05 Å². The van der Waals surface area contributed by atoms with Crippen molar-refractivity contribution in [1.29, 1.82) is 0 Å². The first-order chi connectivity index (χ1) is 14.7. The summed E-state index contributed by atoms with van der Waals surface area (Å²) in [6, 6.07) is 19.5. The molecule has 1 saturated carbocycles. The molecule has 0 radical (unpaired) electrons. The smallest absolute Gasteiger partial charge is 0.227 e. The monoisotopic (exact) mass is 393 g/mol. The number of fused-ring (bicyclic) bond motifs is 4. The van der Waals surface area contributed by atoms with Crippen molar-refractivity contribution in [1.82, 2.24) is 4.98 Å². The van der Waals surface area contributed by atoms with Crippen molar-refractivity contribution in [2.24, 2.45) is 7.05 Å². The minimum absolute atomic E-state index is 0.687. The van der Waals surface area contributed by atoms with E-state index in [1.807, 2.05) is 12.1 Å². The molecule has 30 heavy (non-hydrogen) atoms. The molecule has 3 heteroatoms. The highest BCUT2D eigenvalue weighted by Crippen LogP contribution is 2.39. The molecule has 0 aliphatic heterocycles. The molecular formula is C27H25N2O+. The van der Waals surface area contributed by atoms with Gasteiger partial charge in [-0.25, -0.2) is 9.55 Å². The first kappa shape index (κ1) is 17.6. The van der Waals surface area contributed by atoms with Gasteiger partial charge in [-0.2, -0.15) is 0 Å². The molecule has 148 valence electrons. The van der Waals surface area contributed by atoms with E-state index in [-0.39, 0.29) is 0 Å². The van der Waals surface area contributed by atoms with Crippen LogP contribution in [-0.2, 0) is 7.05 Å². The number of nitrogens with zero attached hydrogens (tertiary/aromatic N) is 2. The maximum atomic E-state index is 6.42. The van der Waals surface area contributed by atoms with E-state index in [0.717, 1.165) is 27.3 Å². The highest BCUT2D eigenvalue weighted by Gasteiger charge is 2.24. The molecule has 0 bridgehead atoms. The minimum Gasteiger partial charge on any atom is -0.437 e. The number of para-hydroxylation sites is 1. The topological polar surface area (TPSA) is 29.9 Å². The van der Waals surface area contributed by atoms with Gasteiger partial charge in [-0.3, -0.25) is 0 Å². The Labute approximate surface area is 176 Å². The molecule has 5 aromatic rings. The van der Waals surface area contributed by atoms with Crippen LogP contribution in [0.3, 0.4) is 0 Å². The third-order valence-electron chi connectivity index (χ3n) is 6.80. The van der Waals surface area contributed by atoms with Gasteiger partial charge in [0.25, 0.3) is 0 Å². The number of benzene rings is 2. The third kappa shape index (κ3) is 2.65. The second kappa shape index (κ2) is 6.66. The molecule has 1 fully saturated rings. The quantitative estimate of drug-likeness (QED) is 0.317. The fourth-order valence-corrected chi connectivity index (χ4v) is 5.13. The van der Waals surface area contributed by atoms with Crippen molar-refractivity contribution in [3.05, 3.63) is 71.9 Å². The summed E-state index contributed by atoms with van der Waals surface area (Å²) < 4.78 is 8.64. The molecule has 0 amide bonds. The molecule has 1 aliphatic rings. The Balaban J connectivity index is 1.63. The summed E-state index contributed by atoms with van der Waals surface area (Å²) >= 11 is 0.